The van der Waals surface area contributed by atoms with E-state index in [0.717, 1.165) is 18.4 Å². The van der Waals surface area contributed by atoms with Crippen LogP contribution in [-0.4, -0.2) is 21.1 Å². The molecule has 9 heteroatoms. The van der Waals surface area contributed by atoms with Gasteiger partial charge in [0, 0.05) is 12.3 Å². The number of aromatic nitrogens is 3. The van der Waals surface area contributed by atoms with E-state index in [1.54, 1.807) is 16.7 Å². The third kappa shape index (κ3) is 5.34. The van der Waals surface area contributed by atoms with Crippen LogP contribution in [-0.2, 0) is 12.3 Å². The van der Waals surface area contributed by atoms with Crippen LogP contribution in [0.3, 0.4) is 0 Å². The summed E-state index contributed by atoms with van der Waals surface area (Å²) in [4.78, 5) is 11.6. The van der Waals surface area contributed by atoms with Crippen molar-refractivity contribution in [2.45, 2.75) is 43.6 Å². The number of ether oxygens (including phenoxy) is 1. The van der Waals surface area contributed by atoms with Gasteiger partial charge in [0.15, 0.2) is 5.16 Å². The van der Waals surface area contributed by atoms with Crippen LogP contribution in [0.25, 0.3) is 0 Å². The molecule has 0 atom stereocenters. The molecule has 0 aliphatic rings. The van der Waals surface area contributed by atoms with Gasteiger partial charge in [0.1, 0.15) is 5.75 Å². The van der Waals surface area contributed by atoms with Crippen molar-refractivity contribution in [1.82, 2.24) is 14.8 Å². The zero-order valence-electron chi connectivity index (χ0n) is 12.4. The fourth-order valence-corrected chi connectivity index (χ4v) is 2.79. The molecule has 23 heavy (non-hydrogen) atoms. The lowest BCUT2D eigenvalue weighted by molar-refractivity contribution is -0.274. The van der Waals surface area contributed by atoms with E-state index in [9.17, 15) is 18.0 Å². The van der Waals surface area contributed by atoms with Gasteiger partial charge in [-0.05, 0) is 24.1 Å². The molecule has 0 aliphatic heterocycles. The van der Waals surface area contributed by atoms with Crippen LogP contribution in [0.2, 0.25) is 0 Å². The zero-order chi connectivity index (χ0) is 16.9. The predicted molar refractivity (Wildman–Crippen MR) is 80.4 cm³/mol. The molecule has 0 saturated carbocycles. The van der Waals surface area contributed by atoms with Crippen LogP contribution < -0.4 is 10.4 Å². The first kappa shape index (κ1) is 17.5. The van der Waals surface area contributed by atoms with E-state index in [2.05, 4.69) is 14.9 Å². The summed E-state index contributed by atoms with van der Waals surface area (Å²) in [5.41, 5.74) is 0.553. The summed E-state index contributed by atoms with van der Waals surface area (Å²) in [6, 6.07) is 5.63. The lowest BCUT2D eigenvalue weighted by atomic mass is 10.2. The summed E-state index contributed by atoms with van der Waals surface area (Å²) in [7, 11) is 0. The first-order chi connectivity index (χ1) is 10.9. The van der Waals surface area contributed by atoms with Gasteiger partial charge >= 0.3 is 12.1 Å². The highest BCUT2D eigenvalue weighted by Crippen LogP contribution is 2.25. The molecule has 0 unspecified atom stereocenters. The van der Waals surface area contributed by atoms with E-state index in [1.165, 1.54) is 23.9 Å². The Bertz CT molecular complexity index is 680. The summed E-state index contributed by atoms with van der Waals surface area (Å²) in [5.74, 6) is 0.230. The molecule has 1 aromatic heterocycles. The number of H-pyrrole nitrogens is 1. The van der Waals surface area contributed by atoms with Crippen LogP contribution in [0.4, 0.5) is 13.2 Å². The lowest BCUT2D eigenvalue weighted by Crippen LogP contribution is -2.17. The number of nitrogens with zero attached hydrogens (tertiary/aromatic N) is 2. The quantitative estimate of drug-likeness (QED) is 0.778. The molecule has 2 rings (SSSR count). The lowest BCUT2D eigenvalue weighted by Gasteiger charge is -2.09. The van der Waals surface area contributed by atoms with Crippen LogP contribution >= 0.6 is 11.8 Å². The maximum atomic E-state index is 12.1. The van der Waals surface area contributed by atoms with Crippen molar-refractivity contribution in [3.63, 3.8) is 0 Å². The van der Waals surface area contributed by atoms with Crippen LogP contribution in [0.5, 0.6) is 5.75 Å². The SMILES string of the molecule is CCCCn1c(SCc2ccc(OC(F)(F)F)cc2)n[nH]c1=O. The molecule has 0 radical (unpaired) electrons. The second-order valence-corrected chi connectivity index (χ2v) is 5.74. The monoisotopic (exact) mass is 347 g/mol. The van der Waals surface area contributed by atoms with E-state index in [0.29, 0.717) is 17.5 Å². The largest absolute Gasteiger partial charge is 0.573 e. The van der Waals surface area contributed by atoms with Crippen molar-refractivity contribution >= 4 is 11.8 Å². The summed E-state index contributed by atoms with van der Waals surface area (Å²) < 4.78 is 41.6. The summed E-state index contributed by atoms with van der Waals surface area (Å²) in [6.07, 6.45) is -2.86. The Balaban J connectivity index is 1.97. The van der Waals surface area contributed by atoms with Gasteiger partial charge in [-0.3, -0.25) is 4.57 Å². The zero-order valence-corrected chi connectivity index (χ0v) is 13.2. The number of rotatable bonds is 7. The molecule has 1 aromatic carbocycles. The first-order valence-corrected chi connectivity index (χ1v) is 8.00. The maximum Gasteiger partial charge on any atom is 0.573 e. The molecule has 0 fully saturated rings. The minimum Gasteiger partial charge on any atom is -0.406 e. The van der Waals surface area contributed by atoms with E-state index in [-0.39, 0.29) is 11.4 Å². The number of benzene rings is 1. The third-order valence-corrected chi connectivity index (χ3v) is 4.03. The van der Waals surface area contributed by atoms with Gasteiger partial charge in [-0.2, -0.15) is 0 Å². The molecule has 0 aliphatic carbocycles. The number of halogens is 3. The van der Waals surface area contributed by atoms with Gasteiger partial charge in [0.25, 0.3) is 0 Å². The second kappa shape index (κ2) is 7.58. The van der Waals surface area contributed by atoms with E-state index in [1.807, 2.05) is 6.92 Å². The minimum atomic E-state index is -4.69. The molecule has 0 spiro atoms. The molecule has 1 N–H and O–H groups in total. The fraction of sp³-hybridized carbons (Fsp3) is 0.429. The molecule has 0 bridgehead atoms. The van der Waals surface area contributed by atoms with Crippen molar-refractivity contribution in [1.29, 1.82) is 0 Å². The summed E-state index contributed by atoms with van der Waals surface area (Å²) >= 11 is 1.35. The number of unbranched alkanes of at least 4 members (excludes halogenated alkanes) is 1. The van der Waals surface area contributed by atoms with Gasteiger partial charge < -0.3 is 4.74 Å². The molecular formula is C14H16F3N3O2S. The molecule has 0 saturated heterocycles. The average molecular weight is 347 g/mol. The Morgan fingerprint density at radius 2 is 2.00 bits per heavy atom. The predicted octanol–water partition coefficient (Wildman–Crippen LogP) is 3.56. The van der Waals surface area contributed by atoms with E-state index < -0.39 is 6.36 Å². The maximum absolute atomic E-state index is 12.1. The van der Waals surface area contributed by atoms with Gasteiger partial charge in [-0.1, -0.05) is 37.2 Å². The highest BCUT2D eigenvalue weighted by molar-refractivity contribution is 7.98. The Hall–Kier alpha value is -1.90. The van der Waals surface area contributed by atoms with Gasteiger partial charge in [0.2, 0.25) is 0 Å². The van der Waals surface area contributed by atoms with Crippen LogP contribution in [0.15, 0.2) is 34.2 Å². The normalized spacial score (nSPS) is 11.7. The minimum absolute atomic E-state index is 0.255. The molecule has 2 aromatic rings. The topological polar surface area (TPSA) is 59.9 Å². The second-order valence-electron chi connectivity index (χ2n) is 4.80. The van der Waals surface area contributed by atoms with Crippen molar-refractivity contribution in [2.24, 2.45) is 0 Å². The number of thioether (sulfide) groups is 1. The van der Waals surface area contributed by atoms with Crippen molar-refractivity contribution < 1.29 is 17.9 Å². The van der Waals surface area contributed by atoms with Gasteiger partial charge in [-0.15, -0.1) is 18.3 Å². The van der Waals surface area contributed by atoms with Crippen molar-refractivity contribution in [3.05, 3.63) is 40.3 Å². The highest BCUT2D eigenvalue weighted by atomic mass is 32.2. The Kier molecular flexibility index (Phi) is 5.75. The van der Waals surface area contributed by atoms with Crippen molar-refractivity contribution in [3.8, 4) is 5.75 Å². The number of nitrogens with one attached hydrogen (secondary N) is 1. The number of hydrogen-bond acceptors (Lipinski definition) is 4. The highest BCUT2D eigenvalue weighted by Gasteiger charge is 2.30. The summed E-state index contributed by atoms with van der Waals surface area (Å²) in [6.45, 7) is 2.62. The molecule has 1 heterocycles. The number of aromatic amines is 1. The molecule has 126 valence electrons. The third-order valence-electron chi connectivity index (χ3n) is 2.98. The van der Waals surface area contributed by atoms with E-state index >= 15 is 0 Å². The molecule has 0 amide bonds. The summed E-state index contributed by atoms with van der Waals surface area (Å²) in [5, 5.41) is 6.94. The van der Waals surface area contributed by atoms with Gasteiger partial charge in [0.05, 0.1) is 0 Å². The Morgan fingerprint density at radius 3 is 2.61 bits per heavy atom. The fourth-order valence-electron chi connectivity index (χ4n) is 1.86. The molecule has 5 nitrogen and oxygen atoms in total. The first-order valence-electron chi connectivity index (χ1n) is 7.01. The number of alkyl halides is 3. The Morgan fingerprint density at radius 1 is 1.30 bits per heavy atom. The standard InChI is InChI=1S/C14H16F3N3O2S/c1-2-3-8-20-12(21)18-19-13(20)23-9-10-4-6-11(7-5-10)22-14(15,16)17/h4-7H,2-3,8-9H2,1H3,(H,18,21). The smallest absolute Gasteiger partial charge is 0.406 e. The Labute approximate surface area is 134 Å². The molecular weight excluding hydrogens is 331 g/mol. The van der Waals surface area contributed by atoms with Crippen molar-refractivity contribution in [2.75, 3.05) is 0 Å². The van der Waals surface area contributed by atoms with E-state index in [4.69, 9.17) is 0 Å². The van der Waals surface area contributed by atoms with Crippen LogP contribution in [0, 0.1) is 0 Å². The van der Waals surface area contributed by atoms with Gasteiger partial charge in [-0.25, -0.2) is 9.89 Å². The van der Waals surface area contributed by atoms with Crippen LogP contribution in [0.1, 0.15) is 25.3 Å². The number of hydrogen-bond donors (Lipinski definition) is 1. The average Bonchev–Trinajstić information content (AvgIpc) is 2.83.